The van der Waals surface area contributed by atoms with E-state index < -0.39 is 29.5 Å². The van der Waals surface area contributed by atoms with Gasteiger partial charge in [-0.15, -0.1) is 0 Å². The van der Waals surface area contributed by atoms with Crippen LogP contribution in [0.1, 0.15) is 195 Å². The van der Waals surface area contributed by atoms with Crippen molar-refractivity contribution in [2.75, 3.05) is 32.7 Å². The number of rotatable bonds is 30. The Bertz CT molecular complexity index is 5560. The normalized spacial score (nSPS) is 10.4. The SMILES string of the molecule is CC(C)(C)c1ccc(C(=O)Sc2ccccc2C(=O)NCCC(N)=O)cc1.Cc1cc(C)c(C(=O)Sc2ccccc2C(=O)NCCC(N)=O)c(C)c1.Cc1ccc(C(=O)Sc2ccccc2C(=O)NCCC(N)=O)cc1.Cc1cccc(C(=O)Sc2ccccc2C(=O)NCCC(N)=O)c1.Cc1ccccc1C(=O)Sc1ccccc1C(=O)NCCC(N)=O. The number of thioether (sulfide) groups is 5. The Kier molecular flexibility index (Phi) is 41.3. The van der Waals surface area contributed by atoms with E-state index in [0.717, 1.165) is 97.8 Å². The van der Waals surface area contributed by atoms with Crippen LogP contribution in [0.3, 0.4) is 0 Å². The number of nitrogens with two attached hydrogens (primary N) is 5. The monoisotopic (exact) mass is 1780 g/mol. The highest BCUT2D eigenvalue weighted by atomic mass is 32.2. The highest BCUT2D eigenvalue weighted by Gasteiger charge is 2.24. The van der Waals surface area contributed by atoms with E-state index in [1.54, 1.807) is 146 Å². The second kappa shape index (κ2) is 51.2. The molecule has 0 aliphatic heterocycles. The number of aryl methyl sites for hydroxylation is 6. The van der Waals surface area contributed by atoms with Crippen molar-refractivity contribution < 1.29 is 71.9 Å². The molecule has 10 rings (SSSR count). The smallest absolute Gasteiger partial charge is 0.252 e. The molecule has 0 radical (unpaired) electrons. The molecule has 125 heavy (non-hydrogen) atoms. The predicted molar refractivity (Wildman–Crippen MR) is 493 cm³/mol. The quantitative estimate of drug-likeness (QED) is 0.0187. The van der Waals surface area contributed by atoms with E-state index in [-0.39, 0.29) is 125 Å². The fraction of sp³-hybridized carbons (Fsp3) is 0.211. The zero-order valence-corrected chi connectivity index (χ0v) is 74.6. The van der Waals surface area contributed by atoms with Crippen molar-refractivity contribution in [3.05, 3.63) is 325 Å². The molecule has 0 fully saturated rings. The number of carbonyl (C=O) groups is 15. The Morgan fingerprint density at radius 2 is 0.528 bits per heavy atom. The zero-order valence-electron chi connectivity index (χ0n) is 70.6. The molecule has 0 atom stereocenters. The minimum atomic E-state index is -0.480. The van der Waals surface area contributed by atoms with Gasteiger partial charge in [-0.25, -0.2) is 0 Å². The molecule has 15 N–H and O–H groups in total. The molecule has 10 aromatic carbocycles. The third-order valence-electron chi connectivity index (χ3n) is 17.7. The Morgan fingerprint density at radius 3 is 0.824 bits per heavy atom. The van der Waals surface area contributed by atoms with Gasteiger partial charge in [0.05, 0.1) is 27.8 Å². The van der Waals surface area contributed by atoms with E-state index in [2.05, 4.69) is 47.4 Å². The maximum Gasteiger partial charge on any atom is 0.252 e. The van der Waals surface area contributed by atoms with Crippen molar-refractivity contribution >= 4 is 143 Å². The maximum atomic E-state index is 12.8. The van der Waals surface area contributed by atoms with Crippen molar-refractivity contribution in [1.82, 2.24) is 26.6 Å². The van der Waals surface area contributed by atoms with Crippen molar-refractivity contribution in [2.45, 2.75) is 124 Å². The van der Waals surface area contributed by atoms with Crippen molar-refractivity contribution in [3.8, 4) is 0 Å². The average molecular weight is 1780 g/mol. The lowest BCUT2D eigenvalue weighted by Gasteiger charge is -2.19. The molecule has 650 valence electrons. The summed E-state index contributed by atoms with van der Waals surface area (Å²) in [6.07, 6.45) is 0.359. The van der Waals surface area contributed by atoms with Gasteiger partial charge in [0.1, 0.15) is 0 Å². The van der Waals surface area contributed by atoms with Crippen LogP contribution in [0.5, 0.6) is 0 Å². The molecule has 10 aromatic rings. The van der Waals surface area contributed by atoms with Crippen LogP contribution < -0.4 is 55.3 Å². The summed E-state index contributed by atoms with van der Waals surface area (Å²) < 4.78 is 0. The predicted octanol–water partition coefficient (Wildman–Crippen LogP) is 14.3. The molecule has 30 heteroatoms. The van der Waals surface area contributed by atoms with Gasteiger partial charge in [-0.1, -0.05) is 201 Å². The topological polar surface area (TPSA) is 446 Å². The third-order valence-corrected chi connectivity index (χ3v) is 22.7. The van der Waals surface area contributed by atoms with E-state index in [9.17, 15) is 71.9 Å². The number of carbonyl (C=O) groups excluding carboxylic acids is 15. The number of hydrogen-bond acceptors (Lipinski definition) is 20. The molecular weight excluding hydrogens is 1680 g/mol. The minimum Gasteiger partial charge on any atom is -0.370 e. The van der Waals surface area contributed by atoms with E-state index in [4.69, 9.17) is 28.7 Å². The average Bonchev–Trinajstić information content (AvgIpc) is 0.825. The summed E-state index contributed by atoms with van der Waals surface area (Å²) in [5, 5.41) is 12.6. The van der Waals surface area contributed by atoms with Gasteiger partial charge in [0.2, 0.25) is 55.1 Å². The fourth-order valence-corrected chi connectivity index (χ4v) is 15.9. The van der Waals surface area contributed by atoms with Gasteiger partial charge in [0, 0.05) is 117 Å². The summed E-state index contributed by atoms with van der Waals surface area (Å²) >= 11 is 5.08. The summed E-state index contributed by atoms with van der Waals surface area (Å²) in [7, 11) is 0. The lowest BCUT2D eigenvalue weighted by atomic mass is 9.87. The standard InChI is InChI=1S/C21H24N2O3S.C20H22N2O3S.3C18H18N2O3S/c1-21(2,3)15-10-8-14(9-11-15)20(26)27-17-7-5-4-6-16(17)19(25)23-13-12-18(22)24;1-12-10-13(2)18(14(3)11-12)20(25)26-16-7-5-4-6-15(16)19(24)22-9-8-17(21)23;1-12-5-4-6-13(11-12)18(23)24-15-8-3-2-7-14(15)17(22)20-10-9-16(19)21;1-12-6-2-3-7-13(12)18(23)24-15-9-5-4-8-14(15)17(22)20-11-10-16(19)21;1-12-6-8-13(9-7-12)18(23)24-15-5-3-2-4-14(15)17(22)20-11-10-16(19)21/h4-11H,12-13H2,1-3H3,(H2,22,24)(H,23,25);4-7,10-11H,8-9H2,1-3H3,(H2,21,23)(H,22,24);2-8,11H,9-10H2,1H3,(H2,19,21)(H,20,22);2*2-9H,10-11H2,1H3,(H2,19,21)(H,20,22). The summed E-state index contributed by atoms with van der Waals surface area (Å²) in [5.41, 5.74) is 37.4. The third kappa shape index (κ3) is 34.7. The first-order valence-corrected chi connectivity index (χ1v) is 43.2. The minimum absolute atomic E-state index is 0.0182. The maximum absolute atomic E-state index is 12.8. The molecule has 25 nitrogen and oxygen atoms in total. The van der Waals surface area contributed by atoms with Gasteiger partial charge >= 0.3 is 0 Å². The van der Waals surface area contributed by atoms with Gasteiger partial charge in [-0.05, 0) is 195 Å². The van der Waals surface area contributed by atoms with Crippen LogP contribution in [0.15, 0.2) is 255 Å². The highest BCUT2D eigenvalue weighted by molar-refractivity contribution is 8.15. The Hall–Kier alpha value is -13.0. The zero-order chi connectivity index (χ0) is 91.9. The molecule has 0 heterocycles. The number of primary amides is 5. The van der Waals surface area contributed by atoms with E-state index in [0.29, 0.717) is 80.1 Å². The largest absolute Gasteiger partial charge is 0.370 e. The Balaban J connectivity index is 0.000000242. The number of benzene rings is 10. The number of nitrogens with one attached hydrogen (secondary N) is 5. The molecule has 0 unspecified atom stereocenters. The Morgan fingerprint density at radius 1 is 0.256 bits per heavy atom. The summed E-state index contributed by atoms with van der Waals surface area (Å²) in [6.45, 7) is 18.7. The van der Waals surface area contributed by atoms with Crippen LogP contribution in [-0.4, -0.2) is 117 Å². The first-order chi connectivity index (χ1) is 59.4. The van der Waals surface area contributed by atoms with Crippen LogP contribution in [0, 0.1) is 41.5 Å². The van der Waals surface area contributed by atoms with Gasteiger partial charge < -0.3 is 55.3 Å². The first kappa shape index (κ1) is 101. The van der Waals surface area contributed by atoms with Crippen LogP contribution in [0.25, 0.3) is 0 Å². The molecule has 0 aliphatic carbocycles. The Labute approximate surface area is 747 Å². The second-order valence-corrected chi connectivity index (χ2v) is 34.0. The van der Waals surface area contributed by atoms with Crippen molar-refractivity contribution in [2.24, 2.45) is 28.7 Å². The molecule has 10 amide bonds. The molecule has 0 saturated carbocycles. The van der Waals surface area contributed by atoms with E-state index in [1.807, 2.05) is 126 Å². The van der Waals surface area contributed by atoms with Crippen molar-refractivity contribution in [3.63, 3.8) is 0 Å². The lowest BCUT2D eigenvalue weighted by Crippen LogP contribution is -2.28. The summed E-state index contributed by atoms with van der Waals surface area (Å²) in [6, 6.07) is 67.8. The molecule has 0 aliphatic rings. The van der Waals surface area contributed by atoms with E-state index in [1.165, 1.54) is 0 Å². The van der Waals surface area contributed by atoms with Crippen LogP contribution in [-0.2, 0) is 29.4 Å². The molecular formula is C95H100N10O15S5. The van der Waals surface area contributed by atoms with Gasteiger partial charge in [0.15, 0.2) is 0 Å². The molecule has 0 spiro atoms. The molecule has 0 bridgehead atoms. The van der Waals surface area contributed by atoms with Crippen molar-refractivity contribution in [1.29, 1.82) is 0 Å². The van der Waals surface area contributed by atoms with E-state index >= 15 is 0 Å². The summed E-state index contributed by atoms with van der Waals surface area (Å²) in [4.78, 5) is 181. The lowest BCUT2D eigenvalue weighted by molar-refractivity contribution is -0.118. The number of amides is 10. The first-order valence-electron chi connectivity index (χ1n) is 39.2. The highest BCUT2D eigenvalue weighted by Crippen LogP contribution is 2.34. The second-order valence-electron chi connectivity index (χ2n) is 28.9. The molecule has 0 aromatic heterocycles. The van der Waals surface area contributed by atoms with Crippen LogP contribution in [0.4, 0.5) is 0 Å². The fourth-order valence-electron chi connectivity index (χ4n) is 11.3. The summed E-state index contributed by atoms with van der Waals surface area (Å²) in [5.74, 6) is -4.08. The van der Waals surface area contributed by atoms with Crippen LogP contribution in [0.2, 0.25) is 0 Å². The number of hydrogen-bond donors (Lipinski definition) is 10. The van der Waals surface area contributed by atoms with Gasteiger partial charge in [0.25, 0.3) is 29.5 Å². The van der Waals surface area contributed by atoms with Gasteiger partial charge in [-0.2, -0.15) is 0 Å². The molecule has 0 saturated heterocycles. The van der Waals surface area contributed by atoms with Crippen LogP contribution >= 0.6 is 58.8 Å². The van der Waals surface area contributed by atoms with Gasteiger partial charge in [-0.3, -0.25) is 71.9 Å².